The van der Waals surface area contributed by atoms with E-state index in [1.165, 1.54) is 6.92 Å². The van der Waals surface area contributed by atoms with Crippen LogP contribution in [0.2, 0.25) is 0 Å². The first-order valence-electron chi connectivity index (χ1n) is 11.3. The van der Waals surface area contributed by atoms with Crippen LogP contribution in [0, 0.1) is 5.92 Å². The van der Waals surface area contributed by atoms with E-state index in [0.717, 1.165) is 37.9 Å². The lowest BCUT2D eigenvalue weighted by molar-refractivity contribution is -0.131. The highest BCUT2D eigenvalue weighted by Gasteiger charge is 2.52. The van der Waals surface area contributed by atoms with Gasteiger partial charge in [0.15, 0.2) is 0 Å². The minimum absolute atomic E-state index is 0.00954. The van der Waals surface area contributed by atoms with Crippen molar-refractivity contribution in [1.29, 1.82) is 0 Å². The second kappa shape index (κ2) is 9.43. The molecule has 170 valence electrons. The highest BCUT2D eigenvalue weighted by atomic mass is 16.5. The number of esters is 1. The predicted octanol–water partition coefficient (Wildman–Crippen LogP) is 3.41. The first kappa shape index (κ1) is 22.5. The van der Waals surface area contributed by atoms with Gasteiger partial charge in [-0.3, -0.25) is 9.59 Å². The molecule has 4 atom stereocenters. The van der Waals surface area contributed by atoms with Crippen molar-refractivity contribution in [3.05, 3.63) is 65.7 Å². The van der Waals surface area contributed by atoms with Crippen LogP contribution < -0.4 is 10.1 Å². The van der Waals surface area contributed by atoms with Crippen molar-refractivity contribution < 1.29 is 19.1 Å². The van der Waals surface area contributed by atoms with Gasteiger partial charge in [0.1, 0.15) is 5.75 Å². The summed E-state index contributed by atoms with van der Waals surface area (Å²) >= 11 is 0. The third kappa shape index (κ3) is 4.57. The lowest BCUT2D eigenvalue weighted by Crippen LogP contribution is -2.60. The fraction of sp³-hybridized carbons (Fsp3) is 0.462. The number of rotatable bonds is 5. The molecule has 2 aliphatic rings. The average molecular weight is 437 g/mol. The Hall–Kier alpha value is -2.70. The Balaban J connectivity index is 1.67. The number of ether oxygens (including phenoxy) is 2. The van der Waals surface area contributed by atoms with E-state index in [1.54, 1.807) is 7.11 Å². The van der Waals surface area contributed by atoms with Gasteiger partial charge in [0.25, 0.3) is 5.91 Å². The van der Waals surface area contributed by atoms with Gasteiger partial charge in [0.05, 0.1) is 6.10 Å². The lowest BCUT2D eigenvalue weighted by atomic mass is 9.57. The predicted molar refractivity (Wildman–Crippen MR) is 123 cm³/mol. The van der Waals surface area contributed by atoms with Gasteiger partial charge in [-0.15, -0.1) is 0 Å². The van der Waals surface area contributed by atoms with Crippen molar-refractivity contribution in [2.75, 3.05) is 27.2 Å². The van der Waals surface area contributed by atoms with Crippen molar-refractivity contribution in [2.24, 2.45) is 5.92 Å². The lowest BCUT2D eigenvalue weighted by Gasteiger charge is -2.55. The maximum absolute atomic E-state index is 12.9. The van der Waals surface area contributed by atoms with E-state index >= 15 is 0 Å². The van der Waals surface area contributed by atoms with Gasteiger partial charge in [-0.1, -0.05) is 30.3 Å². The number of methoxy groups -OCH3 is 1. The van der Waals surface area contributed by atoms with Gasteiger partial charge in [0, 0.05) is 43.5 Å². The Morgan fingerprint density at radius 2 is 1.91 bits per heavy atom. The molecule has 6 heteroatoms. The van der Waals surface area contributed by atoms with Crippen molar-refractivity contribution in [1.82, 2.24) is 10.2 Å². The molecule has 1 N–H and O–H groups in total. The molecule has 2 aromatic rings. The standard InChI is InChI=1S/C26H32N2O4/c1-18(29)32-22-11-7-10-20(14-22)26-12-13-28(2)17-23(26)24(31-3)15-21(16-26)27-25(30)19-8-5-4-6-9-19/h4-11,14,21,23-24H,12-13,15-17H2,1-3H3,(H,27,30)/t21-,23?,24?,26?/m1/s1. The summed E-state index contributed by atoms with van der Waals surface area (Å²) in [5.41, 5.74) is 1.64. The number of piperidine rings is 1. The van der Waals surface area contributed by atoms with E-state index in [2.05, 4.69) is 23.3 Å². The Kier molecular flexibility index (Phi) is 6.63. The maximum atomic E-state index is 12.9. The number of benzene rings is 2. The number of hydrogen-bond donors (Lipinski definition) is 1. The molecule has 1 aliphatic carbocycles. The number of likely N-dealkylation sites (tertiary alicyclic amines) is 1. The van der Waals surface area contributed by atoms with Gasteiger partial charge in [-0.05, 0) is 62.7 Å². The molecule has 3 unspecified atom stereocenters. The fourth-order valence-corrected chi connectivity index (χ4v) is 5.61. The molecule has 1 saturated carbocycles. The quantitative estimate of drug-likeness (QED) is 0.575. The van der Waals surface area contributed by atoms with E-state index < -0.39 is 0 Å². The van der Waals surface area contributed by atoms with Gasteiger partial charge in [0.2, 0.25) is 0 Å². The topological polar surface area (TPSA) is 67.9 Å². The van der Waals surface area contributed by atoms with Crippen molar-refractivity contribution >= 4 is 11.9 Å². The minimum Gasteiger partial charge on any atom is -0.427 e. The van der Waals surface area contributed by atoms with Gasteiger partial charge < -0.3 is 19.7 Å². The molecule has 0 radical (unpaired) electrons. The smallest absolute Gasteiger partial charge is 0.308 e. The van der Waals surface area contributed by atoms with Gasteiger partial charge in [-0.25, -0.2) is 0 Å². The van der Waals surface area contributed by atoms with Crippen LogP contribution in [0.1, 0.15) is 42.1 Å². The normalized spacial score (nSPS) is 27.9. The van der Waals surface area contributed by atoms with E-state index in [1.807, 2.05) is 48.5 Å². The van der Waals surface area contributed by atoms with Crippen molar-refractivity contribution in [3.8, 4) is 5.75 Å². The summed E-state index contributed by atoms with van der Waals surface area (Å²) in [5.74, 6) is 0.460. The third-order valence-electron chi connectivity index (χ3n) is 7.08. The summed E-state index contributed by atoms with van der Waals surface area (Å²) < 4.78 is 11.4. The van der Waals surface area contributed by atoms with Crippen LogP contribution >= 0.6 is 0 Å². The first-order chi connectivity index (χ1) is 15.4. The van der Waals surface area contributed by atoms with Crippen LogP contribution in [0.4, 0.5) is 0 Å². The van der Waals surface area contributed by atoms with Gasteiger partial charge in [-0.2, -0.15) is 0 Å². The summed E-state index contributed by atoms with van der Waals surface area (Å²) in [6.07, 6.45) is 2.58. The van der Waals surface area contributed by atoms with Crippen LogP contribution in [0.5, 0.6) is 5.75 Å². The Morgan fingerprint density at radius 1 is 1.12 bits per heavy atom. The van der Waals surface area contributed by atoms with Crippen molar-refractivity contribution in [3.63, 3.8) is 0 Å². The summed E-state index contributed by atoms with van der Waals surface area (Å²) in [4.78, 5) is 26.8. The zero-order chi connectivity index (χ0) is 22.7. The Morgan fingerprint density at radius 3 is 2.62 bits per heavy atom. The SMILES string of the molecule is COC1C[C@@H](NC(=O)c2ccccc2)CC2(c3cccc(OC(C)=O)c3)CCN(C)CC12. The van der Waals surface area contributed by atoms with Crippen LogP contribution in [-0.4, -0.2) is 56.2 Å². The van der Waals surface area contributed by atoms with E-state index in [4.69, 9.17) is 9.47 Å². The molecule has 0 aromatic heterocycles. The molecule has 1 aliphatic heterocycles. The summed E-state index contributed by atoms with van der Waals surface area (Å²) in [6.45, 7) is 3.31. The van der Waals surface area contributed by atoms with Crippen LogP contribution in [0.25, 0.3) is 0 Å². The third-order valence-corrected chi connectivity index (χ3v) is 7.08. The number of nitrogens with zero attached hydrogens (tertiary/aromatic N) is 1. The zero-order valence-corrected chi connectivity index (χ0v) is 19.0. The van der Waals surface area contributed by atoms with Crippen molar-refractivity contribution in [2.45, 2.75) is 43.7 Å². The first-order valence-corrected chi connectivity index (χ1v) is 11.3. The molecule has 0 spiro atoms. The van der Waals surface area contributed by atoms with Crippen LogP contribution in [0.15, 0.2) is 54.6 Å². The fourth-order valence-electron chi connectivity index (χ4n) is 5.61. The summed E-state index contributed by atoms with van der Waals surface area (Å²) in [5, 5.41) is 3.27. The number of fused-ring (bicyclic) bond motifs is 1. The Labute approximate surface area is 189 Å². The molecule has 2 aromatic carbocycles. The van der Waals surface area contributed by atoms with E-state index in [-0.39, 0.29) is 35.4 Å². The monoisotopic (exact) mass is 436 g/mol. The molecule has 1 heterocycles. The average Bonchev–Trinajstić information content (AvgIpc) is 2.79. The molecular formula is C26H32N2O4. The molecule has 4 rings (SSSR count). The number of nitrogens with one attached hydrogen (secondary N) is 1. The van der Waals surface area contributed by atoms with E-state index in [9.17, 15) is 9.59 Å². The highest BCUT2D eigenvalue weighted by Crippen LogP contribution is 2.50. The second-order valence-corrected chi connectivity index (χ2v) is 9.15. The minimum atomic E-state index is -0.328. The molecule has 32 heavy (non-hydrogen) atoms. The number of amides is 1. The molecule has 1 saturated heterocycles. The second-order valence-electron chi connectivity index (χ2n) is 9.15. The molecule has 0 bridgehead atoms. The molecular weight excluding hydrogens is 404 g/mol. The largest absolute Gasteiger partial charge is 0.427 e. The highest BCUT2D eigenvalue weighted by molar-refractivity contribution is 5.94. The van der Waals surface area contributed by atoms with Gasteiger partial charge >= 0.3 is 5.97 Å². The number of carbonyl (C=O) groups excluding carboxylic acids is 2. The summed E-state index contributed by atoms with van der Waals surface area (Å²) in [7, 11) is 3.91. The van der Waals surface area contributed by atoms with E-state index in [0.29, 0.717) is 11.3 Å². The zero-order valence-electron chi connectivity index (χ0n) is 19.0. The number of carbonyl (C=O) groups is 2. The maximum Gasteiger partial charge on any atom is 0.308 e. The summed E-state index contributed by atoms with van der Waals surface area (Å²) in [6, 6.07) is 17.2. The van der Waals surface area contributed by atoms with Crippen LogP contribution in [-0.2, 0) is 14.9 Å². The van der Waals surface area contributed by atoms with Crippen LogP contribution in [0.3, 0.4) is 0 Å². The Bertz CT molecular complexity index is 963. The number of hydrogen-bond acceptors (Lipinski definition) is 5. The molecule has 2 fully saturated rings. The molecule has 1 amide bonds. The molecule has 6 nitrogen and oxygen atoms in total.